The van der Waals surface area contributed by atoms with E-state index >= 15 is 0 Å². The van der Waals surface area contributed by atoms with Crippen LogP contribution in [0.25, 0.3) is 11.0 Å². The third kappa shape index (κ3) is 2.35. The van der Waals surface area contributed by atoms with Gasteiger partial charge in [-0.1, -0.05) is 15.9 Å². The van der Waals surface area contributed by atoms with Crippen molar-refractivity contribution in [3.63, 3.8) is 0 Å². The molecule has 0 spiro atoms. The highest BCUT2D eigenvalue weighted by molar-refractivity contribution is 9.10. The number of fused-ring (bicyclic) bond motifs is 1. The van der Waals surface area contributed by atoms with Gasteiger partial charge in [-0.3, -0.25) is 0 Å². The summed E-state index contributed by atoms with van der Waals surface area (Å²) >= 11 is 6.40. The lowest BCUT2D eigenvalue weighted by atomic mass is 10.2. The molecule has 0 bridgehead atoms. The molecule has 1 aromatic carbocycles. The molecule has 0 amide bonds. The van der Waals surface area contributed by atoms with Crippen molar-refractivity contribution < 1.29 is 13.5 Å². The molecular weight excluding hydrogens is 350 g/mol. The number of halogens is 4. The lowest BCUT2D eigenvalue weighted by Gasteiger charge is -2.08. The van der Waals surface area contributed by atoms with Crippen molar-refractivity contribution in [2.45, 2.75) is 11.9 Å². The van der Waals surface area contributed by atoms with Crippen LogP contribution in [0.5, 0.6) is 5.75 Å². The monoisotopic (exact) mass is 354 g/mol. The molecule has 3 nitrogen and oxygen atoms in total. The molecule has 0 saturated carbocycles. The minimum absolute atomic E-state index is 0.137. The van der Waals surface area contributed by atoms with Gasteiger partial charge in [-0.25, -0.2) is 4.98 Å². The predicted octanol–water partition coefficient (Wildman–Crippen LogP) is 3.82. The molecule has 0 unspecified atom stereocenters. The quantitative estimate of drug-likeness (QED) is 0.850. The third-order valence-corrected chi connectivity index (χ3v) is 2.97. The molecule has 0 atom stereocenters. The summed E-state index contributed by atoms with van der Waals surface area (Å²) in [5.41, 5.74) is 1.99. The molecule has 7 heteroatoms. The highest BCUT2D eigenvalue weighted by Crippen LogP contribution is 2.28. The molecule has 0 aliphatic heterocycles. The van der Waals surface area contributed by atoms with E-state index in [4.69, 9.17) is 0 Å². The number of aromatic nitrogens is 2. The summed E-state index contributed by atoms with van der Waals surface area (Å²) in [4.78, 5) is 7.03. The highest BCUT2D eigenvalue weighted by Gasteiger charge is 2.12. The maximum Gasteiger partial charge on any atom is 0.387 e. The Morgan fingerprint density at radius 3 is 2.81 bits per heavy atom. The number of H-pyrrole nitrogens is 1. The molecule has 1 aromatic heterocycles. The van der Waals surface area contributed by atoms with Gasteiger partial charge in [0.2, 0.25) is 0 Å². The first-order valence-corrected chi connectivity index (χ1v) is 6.20. The molecular formula is C9H6Br2F2N2O. The molecule has 2 aromatic rings. The van der Waals surface area contributed by atoms with Crippen LogP contribution in [0.3, 0.4) is 0 Å². The smallest absolute Gasteiger partial charge is 0.387 e. The zero-order chi connectivity index (χ0) is 11.7. The average Bonchev–Trinajstić information content (AvgIpc) is 2.55. The van der Waals surface area contributed by atoms with Crippen LogP contribution in [0.15, 0.2) is 16.9 Å². The van der Waals surface area contributed by atoms with Gasteiger partial charge in [0.15, 0.2) is 4.73 Å². The first-order valence-electron chi connectivity index (χ1n) is 4.29. The van der Waals surface area contributed by atoms with Crippen LogP contribution in [0.4, 0.5) is 8.78 Å². The van der Waals surface area contributed by atoms with E-state index in [1.807, 2.05) is 0 Å². The van der Waals surface area contributed by atoms with E-state index in [0.717, 1.165) is 5.52 Å². The second kappa shape index (κ2) is 4.67. The van der Waals surface area contributed by atoms with Crippen LogP contribution >= 0.6 is 31.9 Å². The normalized spacial score (nSPS) is 11.3. The number of alkyl halides is 3. The molecule has 1 heterocycles. The van der Waals surface area contributed by atoms with Crippen molar-refractivity contribution in [1.29, 1.82) is 0 Å². The zero-order valence-electron chi connectivity index (χ0n) is 7.81. The number of benzene rings is 1. The van der Waals surface area contributed by atoms with E-state index in [1.165, 1.54) is 6.07 Å². The first-order chi connectivity index (χ1) is 7.60. The van der Waals surface area contributed by atoms with Crippen LogP contribution in [0.2, 0.25) is 0 Å². The molecule has 0 radical (unpaired) electrons. The maximum absolute atomic E-state index is 12.2. The summed E-state index contributed by atoms with van der Waals surface area (Å²) in [7, 11) is 0. The number of nitrogens with one attached hydrogen (secondary N) is 1. The van der Waals surface area contributed by atoms with Crippen LogP contribution in [-0.2, 0) is 5.33 Å². The topological polar surface area (TPSA) is 37.9 Å². The van der Waals surface area contributed by atoms with Gasteiger partial charge in [-0.15, -0.1) is 0 Å². The van der Waals surface area contributed by atoms with Crippen molar-refractivity contribution in [2.24, 2.45) is 0 Å². The van der Waals surface area contributed by atoms with Gasteiger partial charge in [0.1, 0.15) is 5.75 Å². The molecule has 1 N–H and O–H groups in total. The number of ether oxygens (including phenoxy) is 1. The van der Waals surface area contributed by atoms with Gasteiger partial charge in [-0.05, 0) is 22.0 Å². The lowest BCUT2D eigenvalue weighted by Crippen LogP contribution is -2.03. The Bertz CT molecular complexity index is 515. The van der Waals surface area contributed by atoms with Crippen molar-refractivity contribution in [1.82, 2.24) is 9.97 Å². The number of nitrogens with zero attached hydrogens (tertiary/aromatic N) is 1. The van der Waals surface area contributed by atoms with Crippen molar-refractivity contribution in [2.75, 3.05) is 0 Å². The molecule has 0 aliphatic rings. The van der Waals surface area contributed by atoms with Gasteiger partial charge >= 0.3 is 6.61 Å². The van der Waals surface area contributed by atoms with Gasteiger partial charge in [0, 0.05) is 17.0 Å². The van der Waals surface area contributed by atoms with Crippen molar-refractivity contribution >= 4 is 42.9 Å². The van der Waals surface area contributed by atoms with Crippen molar-refractivity contribution in [3.05, 3.63) is 22.4 Å². The Kier molecular flexibility index (Phi) is 3.44. The largest absolute Gasteiger partial charge is 0.434 e. The molecule has 0 fully saturated rings. The summed E-state index contributed by atoms with van der Waals surface area (Å²) in [5, 5.41) is 0.432. The van der Waals surface area contributed by atoms with Gasteiger partial charge in [0.05, 0.1) is 11.0 Å². The Labute approximate surface area is 106 Å². The number of hydrogen-bond acceptors (Lipinski definition) is 2. The number of imidazole rings is 1. The van der Waals surface area contributed by atoms with E-state index in [9.17, 15) is 8.78 Å². The van der Waals surface area contributed by atoms with Gasteiger partial charge < -0.3 is 9.72 Å². The van der Waals surface area contributed by atoms with E-state index < -0.39 is 6.61 Å². The number of aromatic amines is 1. The summed E-state index contributed by atoms with van der Waals surface area (Å²) < 4.78 is 29.3. The number of rotatable bonds is 3. The fourth-order valence-corrected chi connectivity index (χ4v) is 2.20. The van der Waals surface area contributed by atoms with Gasteiger partial charge in [0.25, 0.3) is 0 Å². The van der Waals surface area contributed by atoms with E-state index in [0.29, 0.717) is 21.1 Å². The molecule has 86 valence electrons. The minimum Gasteiger partial charge on any atom is -0.434 e. The second-order valence-corrected chi connectivity index (χ2v) is 4.33. The van der Waals surface area contributed by atoms with Crippen molar-refractivity contribution in [3.8, 4) is 5.75 Å². The van der Waals surface area contributed by atoms with E-state index in [2.05, 4.69) is 46.6 Å². The Morgan fingerprint density at radius 1 is 1.44 bits per heavy atom. The fraction of sp³-hybridized carbons (Fsp3) is 0.222. The summed E-state index contributed by atoms with van der Waals surface area (Å²) in [6.07, 6.45) is 0. The van der Waals surface area contributed by atoms with Crippen LogP contribution in [-0.4, -0.2) is 16.6 Å². The molecule has 0 aliphatic carbocycles. The Hall–Kier alpha value is -0.690. The Morgan fingerprint density at radius 2 is 2.19 bits per heavy atom. The first kappa shape index (κ1) is 11.8. The zero-order valence-corrected chi connectivity index (χ0v) is 11.0. The molecule has 16 heavy (non-hydrogen) atoms. The second-order valence-electron chi connectivity index (χ2n) is 3.02. The van der Waals surface area contributed by atoms with Crippen LogP contribution in [0, 0.1) is 0 Å². The molecule has 2 rings (SSSR count). The highest BCUT2D eigenvalue weighted by atomic mass is 79.9. The minimum atomic E-state index is -2.84. The Balaban J connectivity index is 2.53. The van der Waals surface area contributed by atoms with Crippen LogP contribution < -0.4 is 4.74 Å². The molecule has 0 saturated heterocycles. The maximum atomic E-state index is 12.2. The summed E-state index contributed by atoms with van der Waals surface area (Å²) in [6.45, 7) is -2.84. The summed E-state index contributed by atoms with van der Waals surface area (Å²) in [5.74, 6) is 0.137. The fourth-order valence-electron chi connectivity index (χ4n) is 1.36. The number of hydrogen-bond donors (Lipinski definition) is 1. The van der Waals surface area contributed by atoms with Crippen LogP contribution in [0.1, 0.15) is 5.56 Å². The van der Waals surface area contributed by atoms with E-state index in [-0.39, 0.29) is 5.75 Å². The lowest BCUT2D eigenvalue weighted by molar-refractivity contribution is -0.0502. The predicted molar refractivity (Wildman–Crippen MR) is 63.1 cm³/mol. The SMILES string of the molecule is FC(F)Oc1cc2nc(Br)[nH]c2cc1CBr. The standard InChI is InChI=1S/C9H6Br2F2N2O/c10-3-4-1-5-6(15-8(11)14-5)2-7(4)16-9(12)13/h1-2,9H,3H2,(H,14,15). The average molecular weight is 356 g/mol. The summed E-state index contributed by atoms with van der Waals surface area (Å²) in [6, 6.07) is 3.21. The third-order valence-electron chi connectivity index (χ3n) is 2.00. The van der Waals surface area contributed by atoms with E-state index in [1.54, 1.807) is 6.07 Å². The van der Waals surface area contributed by atoms with Gasteiger partial charge in [-0.2, -0.15) is 8.78 Å².